The maximum absolute atomic E-state index is 11.0. The molecular weight excluding hydrogens is 801 g/mol. The number of aliphatic hydroxyl groups is 4. The van der Waals surface area contributed by atoms with Crippen LogP contribution >= 0.6 is 9.14 Å². The van der Waals surface area contributed by atoms with Gasteiger partial charge in [-0.3, -0.25) is 9.80 Å². The molecule has 1 aliphatic rings. The SMILES string of the molecule is CCCCC(CC)COCC(O)CN(CCCCCCN(CC(O)COCC(CC)CCCC)CC(O)COCC(CC)CCCC)CC(O)COCCCS1(O)(O)(O)CC1. The summed E-state index contributed by atoms with van der Waals surface area (Å²) in [5.74, 6) is 1.48. The summed E-state index contributed by atoms with van der Waals surface area (Å²) >= 11 is 0. The highest BCUT2D eigenvalue weighted by Gasteiger charge is 2.65. The number of aliphatic hydroxyl groups excluding tert-OH is 4. The van der Waals surface area contributed by atoms with E-state index in [1.54, 1.807) is 0 Å². The summed E-state index contributed by atoms with van der Waals surface area (Å²) in [5.41, 5.74) is 0. The van der Waals surface area contributed by atoms with Crippen molar-refractivity contribution < 1.29 is 53.0 Å². The van der Waals surface area contributed by atoms with E-state index < -0.39 is 33.6 Å². The molecule has 13 nitrogen and oxygen atoms in total. The van der Waals surface area contributed by atoms with Crippen LogP contribution in [0.2, 0.25) is 0 Å². The van der Waals surface area contributed by atoms with Crippen LogP contribution in [0.15, 0.2) is 0 Å². The minimum Gasteiger partial charge on any atom is -0.389 e. The minimum absolute atomic E-state index is 0.0362. The lowest BCUT2D eigenvalue weighted by Crippen LogP contribution is -2.42. The lowest BCUT2D eigenvalue weighted by atomic mass is 10.0. The monoisotopic (exact) mass is 901 g/mol. The van der Waals surface area contributed by atoms with Crippen LogP contribution in [-0.4, -0.2) is 178 Å². The average molecular weight is 901 g/mol. The molecule has 1 fully saturated rings. The molecule has 0 bridgehead atoms. The highest BCUT2D eigenvalue weighted by atomic mass is 32.4. The molecule has 0 aromatic carbocycles. The van der Waals surface area contributed by atoms with Gasteiger partial charge in [-0.1, -0.05) is 121 Å². The largest absolute Gasteiger partial charge is 0.389 e. The lowest BCUT2D eigenvalue weighted by Gasteiger charge is -2.50. The number of hydrogen-bond acceptors (Lipinski definition) is 13. The maximum atomic E-state index is 11.0. The van der Waals surface area contributed by atoms with Crippen LogP contribution in [0.25, 0.3) is 0 Å². The highest BCUT2D eigenvalue weighted by Crippen LogP contribution is 2.91. The Bertz CT molecular complexity index is 1010. The second kappa shape index (κ2) is 32.5. The first-order valence-corrected chi connectivity index (χ1v) is 27.7. The number of unbranched alkanes of at least 4 members (excludes halogenated alkanes) is 6. The summed E-state index contributed by atoms with van der Waals surface area (Å²) in [6.45, 7) is 19.1. The summed E-state index contributed by atoms with van der Waals surface area (Å²) in [5, 5.41) is 43.8. The van der Waals surface area contributed by atoms with Crippen LogP contribution in [0.3, 0.4) is 0 Å². The summed E-state index contributed by atoms with van der Waals surface area (Å²) in [6, 6.07) is 0. The molecule has 1 rings (SSSR count). The van der Waals surface area contributed by atoms with Crippen LogP contribution < -0.4 is 0 Å². The van der Waals surface area contributed by atoms with Crippen LogP contribution in [-0.2, 0) is 18.9 Å². The molecule has 1 saturated heterocycles. The van der Waals surface area contributed by atoms with E-state index in [-0.39, 0.29) is 50.3 Å². The van der Waals surface area contributed by atoms with Gasteiger partial charge in [-0.25, -0.2) is 0 Å². The first-order valence-electron chi connectivity index (χ1n) is 24.8. The Balaban J connectivity index is 2.72. The van der Waals surface area contributed by atoms with Crippen LogP contribution in [0.5, 0.6) is 0 Å². The van der Waals surface area contributed by atoms with E-state index in [1.165, 1.54) is 32.1 Å². The standard InChI is InChI=1S/C47H100N2O11S/c1-7-13-21-41(10-4)34-58-38-45(51)31-48(30-44(50)37-57-26-20-27-61(54,55,56)28-29-61)24-18-16-17-19-25-49(32-46(52)39-59-35-42(11-5)22-14-8-2)33-47(53)40-60-36-43(12-6)23-15-9-3/h41-47,50-56H,7-40H2,1-6H3. The maximum Gasteiger partial charge on any atom is 0.0900 e. The van der Waals surface area contributed by atoms with E-state index in [1.807, 2.05) is 0 Å². The fourth-order valence-corrected chi connectivity index (χ4v) is 10.6. The van der Waals surface area contributed by atoms with Crippen molar-refractivity contribution in [2.45, 2.75) is 175 Å². The van der Waals surface area contributed by atoms with Gasteiger partial charge in [0.25, 0.3) is 0 Å². The van der Waals surface area contributed by atoms with Crippen LogP contribution in [0.4, 0.5) is 0 Å². The normalized spacial score (nSPS) is 20.3. The Morgan fingerprint density at radius 3 is 1.05 bits per heavy atom. The van der Waals surface area contributed by atoms with Crippen LogP contribution in [0.1, 0.15) is 151 Å². The number of hydrogen-bond donors (Lipinski definition) is 7. The summed E-state index contributed by atoms with van der Waals surface area (Å²) < 4.78 is 54.3. The van der Waals surface area contributed by atoms with Crippen LogP contribution in [0, 0.1) is 17.8 Å². The zero-order valence-electron chi connectivity index (χ0n) is 40.1. The van der Waals surface area contributed by atoms with E-state index >= 15 is 0 Å². The van der Waals surface area contributed by atoms with E-state index in [9.17, 15) is 34.1 Å². The second-order valence-electron chi connectivity index (χ2n) is 19.0. The number of nitrogens with zero attached hydrogens (tertiary/aromatic N) is 2. The molecule has 7 atom stereocenters. The van der Waals surface area contributed by atoms with E-state index in [4.69, 9.17) is 18.9 Å². The Hall–Kier alpha value is -0.170. The summed E-state index contributed by atoms with van der Waals surface area (Å²) in [6.07, 6.45) is 14.8. The highest BCUT2D eigenvalue weighted by molar-refractivity contribution is 8.57. The molecule has 0 spiro atoms. The first-order chi connectivity index (χ1) is 29.0. The predicted molar refractivity (Wildman–Crippen MR) is 253 cm³/mol. The van der Waals surface area contributed by atoms with Gasteiger partial charge in [-0.2, -0.15) is 0 Å². The van der Waals surface area contributed by atoms with E-state index in [0.717, 1.165) is 77.2 Å². The zero-order valence-corrected chi connectivity index (χ0v) is 41.0. The van der Waals surface area contributed by atoms with E-state index in [0.29, 0.717) is 76.7 Å². The topological polar surface area (TPSA) is 185 Å². The van der Waals surface area contributed by atoms with Crippen molar-refractivity contribution in [1.82, 2.24) is 9.80 Å². The van der Waals surface area contributed by atoms with Crippen molar-refractivity contribution in [2.75, 3.05) is 109 Å². The van der Waals surface area contributed by atoms with Crippen molar-refractivity contribution in [1.29, 1.82) is 0 Å². The van der Waals surface area contributed by atoms with Crippen molar-refractivity contribution in [3.05, 3.63) is 0 Å². The Labute approximate surface area is 373 Å². The van der Waals surface area contributed by atoms with Crippen molar-refractivity contribution in [3.63, 3.8) is 0 Å². The van der Waals surface area contributed by atoms with E-state index in [2.05, 4.69) is 51.3 Å². The summed E-state index contributed by atoms with van der Waals surface area (Å²) in [7, 11) is -4.76. The van der Waals surface area contributed by atoms with Gasteiger partial charge in [-0.15, -0.1) is 0 Å². The molecule has 7 unspecified atom stereocenters. The quantitative estimate of drug-likeness (QED) is 0.0231. The second-order valence-corrected chi connectivity index (χ2v) is 24.2. The molecular formula is C47H100N2O11S. The van der Waals surface area contributed by atoms with Crippen molar-refractivity contribution >= 4 is 9.14 Å². The molecule has 1 heterocycles. The molecule has 0 aromatic heterocycles. The molecule has 0 amide bonds. The smallest absolute Gasteiger partial charge is 0.0900 e. The molecule has 61 heavy (non-hydrogen) atoms. The third-order valence-electron chi connectivity index (χ3n) is 12.5. The summed E-state index contributed by atoms with van der Waals surface area (Å²) in [4.78, 5) is 4.21. The molecule has 1 aliphatic heterocycles. The number of ether oxygens (including phenoxy) is 4. The number of rotatable bonds is 45. The molecule has 0 saturated carbocycles. The van der Waals surface area contributed by atoms with Gasteiger partial charge >= 0.3 is 0 Å². The van der Waals surface area contributed by atoms with Gasteiger partial charge in [0.2, 0.25) is 0 Å². The van der Waals surface area contributed by atoms with Gasteiger partial charge in [0.05, 0.1) is 50.8 Å². The predicted octanol–water partition coefficient (Wildman–Crippen LogP) is 8.01. The molecule has 370 valence electrons. The Morgan fingerprint density at radius 1 is 0.426 bits per heavy atom. The Kier molecular flexibility index (Phi) is 31.3. The van der Waals surface area contributed by atoms with Crippen molar-refractivity contribution in [3.8, 4) is 0 Å². The zero-order chi connectivity index (χ0) is 45.5. The first kappa shape index (κ1) is 58.8. The molecule has 0 aliphatic carbocycles. The molecule has 14 heteroatoms. The third-order valence-corrected chi connectivity index (χ3v) is 16.0. The Morgan fingerprint density at radius 2 is 0.754 bits per heavy atom. The van der Waals surface area contributed by atoms with Crippen molar-refractivity contribution in [2.24, 2.45) is 17.8 Å². The van der Waals surface area contributed by atoms with Gasteiger partial charge in [0.1, 0.15) is 0 Å². The lowest BCUT2D eigenvalue weighted by molar-refractivity contribution is -0.0208. The fourth-order valence-electron chi connectivity index (χ4n) is 7.90. The van der Waals surface area contributed by atoms with Gasteiger partial charge in [-0.05, 0) is 69.4 Å². The van der Waals surface area contributed by atoms with Gasteiger partial charge < -0.3 is 53.0 Å². The van der Waals surface area contributed by atoms with Gasteiger partial charge in [0, 0.05) is 69.9 Å². The molecule has 0 aromatic rings. The molecule has 0 radical (unpaired) electrons. The fraction of sp³-hybridized carbons (Fsp3) is 1.00. The third kappa shape index (κ3) is 30.6. The van der Waals surface area contributed by atoms with Gasteiger partial charge in [0.15, 0.2) is 0 Å². The average Bonchev–Trinajstić information content (AvgIpc) is 3.82. The minimum atomic E-state index is -4.76. The molecule has 7 N–H and O–H groups in total.